The van der Waals surface area contributed by atoms with Crippen LogP contribution in [0.1, 0.15) is 19.3 Å². The molecule has 0 bridgehead atoms. The second kappa shape index (κ2) is 4.55. The van der Waals surface area contributed by atoms with Crippen LogP contribution in [0, 0.1) is 0 Å². The van der Waals surface area contributed by atoms with Crippen molar-refractivity contribution in [1.82, 2.24) is 5.32 Å². The Kier molecular flexibility index (Phi) is 3.30. The summed E-state index contributed by atoms with van der Waals surface area (Å²) in [6, 6.07) is 9.10. The van der Waals surface area contributed by atoms with E-state index in [1.54, 1.807) is 24.3 Å². The summed E-state index contributed by atoms with van der Waals surface area (Å²) in [6.45, 7) is 0. The molecule has 1 N–H and O–H groups in total. The Morgan fingerprint density at radius 1 is 1.19 bits per heavy atom. The first-order valence-electron chi connectivity index (χ1n) is 5.61. The van der Waals surface area contributed by atoms with Crippen molar-refractivity contribution in [3.8, 4) is 0 Å². The van der Waals surface area contributed by atoms with Crippen LogP contribution in [0.15, 0.2) is 35.2 Å². The van der Waals surface area contributed by atoms with Crippen molar-refractivity contribution in [1.29, 1.82) is 0 Å². The molecule has 0 aliphatic heterocycles. The maximum atomic E-state index is 12.3. The molecular formula is C12H17NO2S. The summed E-state index contributed by atoms with van der Waals surface area (Å²) in [5.74, 6) is 0. The van der Waals surface area contributed by atoms with Gasteiger partial charge in [-0.1, -0.05) is 18.2 Å². The van der Waals surface area contributed by atoms with E-state index in [0.717, 1.165) is 19.3 Å². The van der Waals surface area contributed by atoms with Crippen molar-refractivity contribution >= 4 is 9.84 Å². The lowest BCUT2D eigenvalue weighted by atomic mass is 10.3. The van der Waals surface area contributed by atoms with Crippen molar-refractivity contribution in [2.24, 2.45) is 0 Å². The van der Waals surface area contributed by atoms with E-state index < -0.39 is 9.84 Å². The quantitative estimate of drug-likeness (QED) is 0.871. The lowest BCUT2D eigenvalue weighted by Gasteiger charge is -2.12. The summed E-state index contributed by atoms with van der Waals surface area (Å²) in [7, 11) is -1.23. The molecule has 0 heterocycles. The van der Waals surface area contributed by atoms with E-state index in [1.807, 2.05) is 13.1 Å². The molecule has 1 fully saturated rings. The summed E-state index contributed by atoms with van der Waals surface area (Å²) in [5.41, 5.74) is 0. The van der Waals surface area contributed by atoms with Gasteiger partial charge < -0.3 is 5.32 Å². The summed E-state index contributed by atoms with van der Waals surface area (Å²) >= 11 is 0. The van der Waals surface area contributed by atoms with Crippen molar-refractivity contribution in [2.75, 3.05) is 7.05 Å². The lowest BCUT2D eigenvalue weighted by molar-refractivity contribution is 0.564. The van der Waals surface area contributed by atoms with Gasteiger partial charge >= 0.3 is 0 Å². The predicted molar refractivity (Wildman–Crippen MR) is 64.1 cm³/mol. The topological polar surface area (TPSA) is 46.2 Å². The van der Waals surface area contributed by atoms with E-state index in [-0.39, 0.29) is 5.25 Å². The molecule has 16 heavy (non-hydrogen) atoms. The Bertz CT molecular complexity index is 441. The fraction of sp³-hybridized carbons (Fsp3) is 0.500. The van der Waals surface area contributed by atoms with Crippen LogP contribution < -0.4 is 5.32 Å². The number of hydrogen-bond donors (Lipinski definition) is 1. The molecule has 0 spiro atoms. The average molecular weight is 239 g/mol. The fourth-order valence-electron chi connectivity index (χ4n) is 2.29. The number of rotatable bonds is 3. The molecule has 1 aromatic rings. The van der Waals surface area contributed by atoms with Crippen LogP contribution in [0.5, 0.6) is 0 Å². The molecule has 2 unspecified atom stereocenters. The predicted octanol–water partition coefficient (Wildman–Crippen LogP) is 1.60. The molecule has 0 radical (unpaired) electrons. The largest absolute Gasteiger partial charge is 0.317 e. The van der Waals surface area contributed by atoms with Gasteiger partial charge in [0, 0.05) is 6.04 Å². The van der Waals surface area contributed by atoms with Gasteiger partial charge in [-0.05, 0) is 38.4 Å². The summed E-state index contributed by atoms with van der Waals surface area (Å²) in [4.78, 5) is 0.455. The normalized spacial score (nSPS) is 25.8. The van der Waals surface area contributed by atoms with E-state index in [1.165, 1.54) is 0 Å². The maximum absolute atomic E-state index is 12.3. The van der Waals surface area contributed by atoms with Crippen LogP contribution in [0.3, 0.4) is 0 Å². The Morgan fingerprint density at radius 2 is 1.88 bits per heavy atom. The standard InChI is InChI=1S/C12H17NO2S/c1-13-10-7-8-12(9-10)16(14,15)11-5-3-2-4-6-11/h2-6,10,12-13H,7-9H2,1H3. The maximum Gasteiger partial charge on any atom is 0.181 e. The van der Waals surface area contributed by atoms with Crippen LogP contribution in [0.25, 0.3) is 0 Å². The highest BCUT2D eigenvalue weighted by Crippen LogP contribution is 2.29. The first-order chi connectivity index (χ1) is 7.64. The highest BCUT2D eigenvalue weighted by molar-refractivity contribution is 7.92. The van der Waals surface area contributed by atoms with Gasteiger partial charge in [0.05, 0.1) is 10.1 Å². The number of benzene rings is 1. The van der Waals surface area contributed by atoms with Gasteiger partial charge in [-0.25, -0.2) is 8.42 Å². The first kappa shape index (κ1) is 11.6. The lowest BCUT2D eigenvalue weighted by Crippen LogP contribution is -2.25. The summed E-state index contributed by atoms with van der Waals surface area (Å²) in [5, 5.41) is 2.94. The summed E-state index contributed by atoms with van der Waals surface area (Å²) < 4.78 is 24.5. The highest BCUT2D eigenvalue weighted by Gasteiger charge is 2.34. The minimum Gasteiger partial charge on any atom is -0.317 e. The molecule has 4 heteroatoms. The highest BCUT2D eigenvalue weighted by atomic mass is 32.2. The van der Waals surface area contributed by atoms with Crippen molar-refractivity contribution in [3.63, 3.8) is 0 Å². The van der Waals surface area contributed by atoms with Crippen LogP contribution in [-0.2, 0) is 9.84 Å². The van der Waals surface area contributed by atoms with Gasteiger partial charge in [0.1, 0.15) is 0 Å². The zero-order valence-corrected chi connectivity index (χ0v) is 10.2. The molecule has 1 aliphatic rings. The van der Waals surface area contributed by atoms with Crippen LogP contribution >= 0.6 is 0 Å². The van der Waals surface area contributed by atoms with Gasteiger partial charge in [0.25, 0.3) is 0 Å². The van der Waals surface area contributed by atoms with E-state index >= 15 is 0 Å². The molecule has 88 valence electrons. The van der Waals surface area contributed by atoms with Gasteiger partial charge in [0.15, 0.2) is 9.84 Å². The van der Waals surface area contributed by atoms with E-state index in [4.69, 9.17) is 0 Å². The molecule has 1 aliphatic carbocycles. The van der Waals surface area contributed by atoms with E-state index in [0.29, 0.717) is 10.9 Å². The minimum absolute atomic E-state index is 0.215. The smallest absolute Gasteiger partial charge is 0.181 e. The molecular weight excluding hydrogens is 222 g/mol. The third kappa shape index (κ3) is 2.13. The van der Waals surface area contributed by atoms with E-state index in [2.05, 4.69) is 5.32 Å². The summed E-state index contributed by atoms with van der Waals surface area (Å²) in [6.07, 6.45) is 2.45. The minimum atomic E-state index is -3.12. The zero-order valence-electron chi connectivity index (χ0n) is 9.39. The van der Waals surface area contributed by atoms with E-state index in [9.17, 15) is 8.42 Å². The Labute approximate surface area is 96.8 Å². The zero-order chi connectivity index (χ0) is 11.6. The molecule has 2 atom stereocenters. The SMILES string of the molecule is CNC1CCC(S(=O)(=O)c2ccccc2)C1. The molecule has 3 nitrogen and oxygen atoms in total. The van der Waals surface area contributed by atoms with Crippen molar-refractivity contribution < 1.29 is 8.42 Å². The monoisotopic (exact) mass is 239 g/mol. The van der Waals surface area contributed by atoms with Crippen LogP contribution in [0.4, 0.5) is 0 Å². The van der Waals surface area contributed by atoms with Gasteiger partial charge in [0.2, 0.25) is 0 Å². The fourth-order valence-corrected chi connectivity index (χ4v) is 4.14. The van der Waals surface area contributed by atoms with Gasteiger partial charge in [-0.3, -0.25) is 0 Å². The molecule has 1 aromatic carbocycles. The second-order valence-corrected chi connectivity index (χ2v) is 6.51. The molecule has 0 amide bonds. The van der Waals surface area contributed by atoms with Crippen molar-refractivity contribution in [3.05, 3.63) is 30.3 Å². The van der Waals surface area contributed by atoms with Crippen molar-refractivity contribution in [2.45, 2.75) is 35.4 Å². The molecule has 1 saturated carbocycles. The number of nitrogens with one attached hydrogen (secondary N) is 1. The average Bonchev–Trinajstić information content (AvgIpc) is 2.79. The van der Waals surface area contributed by atoms with Gasteiger partial charge in [-0.2, -0.15) is 0 Å². The second-order valence-electron chi connectivity index (χ2n) is 4.28. The Hall–Kier alpha value is -0.870. The Balaban J connectivity index is 2.21. The Morgan fingerprint density at radius 3 is 2.44 bits per heavy atom. The first-order valence-corrected chi connectivity index (χ1v) is 7.15. The third-order valence-corrected chi connectivity index (χ3v) is 5.54. The molecule has 0 aromatic heterocycles. The third-order valence-electron chi connectivity index (χ3n) is 3.30. The molecule has 0 saturated heterocycles. The number of hydrogen-bond acceptors (Lipinski definition) is 3. The van der Waals surface area contributed by atoms with Crippen LogP contribution in [-0.4, -0.2) is 26.8 Å². The number of sulfone groups is 1. The van der Waals surface area contributed by atoms with Gasteiger partial charge in [-0.15, -0.1) is 0 Å². The van der Waals surface area contributed by atoms with Crippen LogP contribution in [0.2, 0.25) is 0 Å². The molecule has 2 rings (SSSR count).